The van der Waals surface area contributed by atoms with Gasteiger partial charge >= 0.3 is 0 Å². The molecule has 0 aliphatic carbocycles. The number of fused-ring (bicyclic) bond motifs is 2. The van der Waals surface area contributed by atoms with E-state index in [0.29, 0.717) is 0 Å². The van der Waals surface area contributed by atoms with Crippen molar-refractivity contribution in [1.29, 1.82) is 0 Å². The Hall–Kier alpha value is -2.74. The molecule has 0 aliphatic heterocycles. The van der Waals surface area contributed by atoms with Gasteiger partial charge in [-0.2, -0.15) is 0 Å². The van der Waals surface area contributed by atoms with Crippen LogP contribution < -0.4 is 0 Å². The summed E-state index contributed by atoms with van der Waals surface area (Å²) >= 11 is 0. The molecule has 0 bridgehead atoms. The highest BCUT2D eigenvalue weighted by Gasteiger charge is 2.10. The first-order chi connectivity index (χ1) is 9.93. The highest BCUT2D eigenvalue weighted by Crippen LogP contribution is 2.33. The molecule has 2 heterocycles. The smallest absolute Gasteiger partial charge is 0.0715 e. The lowest BCUT2D eigenvalue weighted by Crippen LogP contribution is -1.89. The third-order valence-electron chi connectivity index (χ3n) is 3.54. The highest BCUT2D eigenvalue weighted by atomic mass is 14.7. The number of para-hydroxylation sites is 2. The van der Waals surface area contributed by atoms with Gasteiger partial charge in [0.15, 0.2) is 0 Å². The van der Waals surface area contributed by atoms with Crippen molar-refractivity contribution in [1.82, 2.24) is 9.97 Å². The topological polar surface area (TPSA) is 25.8 Å². The Morgan fingerprint density at radius 1 is 0.650 bits per heavy atom. The first-order valence-corrected chi connectivity index (χ1v) is 6.61. The number of hydrogen-bond acceptors (Lipinski definition) is 2. The minimum Gasteiger partial charge on any atom is -0.264 e. The Morgan fingerprint density at radius 2 is 1.30 bits per heavy atom. The molecule has 20 heavy (non-hydrogen) atoms. The lowest BCUT2D eigenvalue weighted by molar-refractivity contribution is 1.33. The summed E-state index contributed by atoms with van der Waals surface area (Å²) in [5.74, 6) is 0. The molecule has 94 valence electrons. The zero-order valence-electron chi connectivity index (χ0n) is 10.8. The lowest BCUT2D eigenvalue weighted by atomic mass is 9.97. The largest absolute Gasteiger partial charge is 0.264 e. The van der Waals surface area contributed by atoms with Gasteiger partial charge in [-0.3, -0.25) is 4.98 Å². The van der Waals surface area contributed by atoms with Crippen LogP contribution in [0.3, 0.4) is 0 Å². The van der Waals surface area contributed by atoms with Crippen LogP contribution in [-0.2, 0) is 0 Å². The number of rotatable bonds is 1. The third kappa shape index (κ3) is 1.66. The zero-order chi connectivity index (χ0) is 13.4. The molecule has 2 aromatic heterocycles. The van der Waals surface area contributed by atoms with Crippen LogP contribution in [0.2, 0.25) is 0 Å². The molecule has 2 aromatic carbocycles. The first-order valence-electron chi connectivity index (χ1n) is 6.61. The second-order valence-corrected chi connectivity index (χ2v) is 4.76. The lowest BCUT2D eigenvalue weighted by Gasteiger charge is -2.10. The molecule has 0 spiro atoms. The van der Waals surface area contributed by atoms with Crippen LogP contribution in [0.1, 0.15) is 0 Å². The van der Waals surface area contributed by atoms with Gasteiger partial charge in [-0.05, 0) is 18.2 Å². The number of pyridine rings is 2. The minimum absolute atomic E-state index is 1.02. The number of hydrogen-bond donors (Lipinski definition) is 0. The van der Waals surface area contributed by atoms with Gasteiger partial charge < -0.3 is 0 Å². The van der Waals surface area contributed by atoms with Gasteiger partial charge in [0.25, 0.3) is 0 Å². The Balaban J connectivity index is 2.24. The first kappa shape index (κ1) is 11.1. The summed E-state index contributed by atoms with van der Waals surface area (Å²) in [7, 11) is 0. The van der Waals surface area contributed by atoms with E-state index in [0.717, 1.165) is 16.6 Å². The van der Waals surface area contributed by atoms with Crippen LogP contribution in [-0.4, -0.2) is 9.97 Å². The summed E-state index contributed by atoms with van der Waals surface area (Å²) in [6.45, 7) is 0. The van der Waals surface area contributed by atoms with Gasteiger partial charge in [-0.15, -0.1) is 0 Å². The summed E-state index contributed by atoms with van der Waals surface area (Å²) in [5, 5.41) is 2.33. The van der Waals surface area contributed by atoms with E-state index in [1.54, 1.807) is 6.20 Å². The maximum Gasteiger partial charge on any atom is 0.0715 e. The average molecular weight is 256 g/mol. The van der Waals surface area contributed by atoms with Crippen molar-refractivity contribution in [2.45, 2.75) is 0 Å². The normalized spacial score (nSPS) is 11.0. The fourth-order valence-corrected chi connectivity index (χ4v) is 2.66. The summed E-state index contributed by atoms with van der Waals surface area (Å²) in [6.07, 6.45) is 3.71. The highest BCUT2D eigenvalue weighted by molar-refractivity contribution is 6.09. The second-order valence-electron chi connectivity index (χ2n) is 4.76. The maximum atomic E-state index is 4.74. The molecule has 2 nitrogen and oxygen atoms in total. The van der Waals surface area contributed by atoms with E-state index in [1.807, 2.05) is 24.4 Å². The van der Waals surface area contributed by atoms with E-state index in [4.69, 9.17) is 4.98 Å². The van der Waals surface area contributed by atoms with Crippen molar-refractivity contribution in [3.63, 3.8) is 0 Å². The summed E-state index contributed by atoms with van der Waals surface area (Å²) in [5.41, 5.74) is 4.37. The van der Waals surface area contributed by atoms with E-state index >= 15 is 0 Å². The van der Waals surface area contributed by atoms with E-state index in [2.05, 4.69) is 47.4 Å². The fraction of sp³-hybridized carbons (Fsp3) is 0. The molecule has 0 N–H and O–H groups in total. The van der Waals surface area contributed by atoms with Crippen LogP contribution >= 0.6 is 0 Å². The SMILES string of the molecule is c1cncc(-c2c3ccccc3nc3ccccc23)c1. The monoisotopic (exact) mass is 256 g/mol. The van der Waals surface area contributed by atoms with Crippen molar-refractivity contribution >= 4 is 21.8 Å². The van der Waals surface area contributed by atoms with Crippen LogP contribution in [0, 0.1) is 0 Å². The third-order valence-corrected chi connectivity index (χ3v) is 3.54. The standard InChI is InChI=1S/C18H12N2/c1-3-9-16-14(7-1)18(13-6-5-11-19-12-13)15-8-2-4-10-17(15)20-16/h1-12H. The van der Waals surface area contributed by atoms with Crippen LogP contribution in [0.5, 0.6) is 0 Å². The van der Waals surface area contributed by atoms with E-state index in [1.165, 1.54) is 16.3 Å². The molecule has 0 aliphatic rings. The van der Waals surface area contributed by atoms with E-state index in [-0.39, 0.29) is 0 Å². The Bertz CT molecular complexity index is 845. The van der Waals surface area contributed by atoms with Gasteiger partial charge in [0.1, 0.15) is 0 Å². The van der Waals surface area contributed by atoms with Gasteiger partial charge in [0, 0.05) is 34.3 Å². The fourth-order valence-electron chi connectivity index (χ4n) is 2.66. The predicted molar refractivity (Wildman–Crippen MR) is 82.5 cm³/mol. The van der Waals surface area contributed by atoms with Crippen molar-refractivity contribution in [3.8, 4) is 11.1 Å². The molecule has 0 unspecified atom stereocenters. The summed E-state index contributed by atoms with van der Waals surface area (Å²) in [4.78, 5) is 9.00. The van der Waals surface area contributed by atoms with E-state index in [9.17, 15) is 0 Å². The van der Waals surface area contributed by atoms with Crippen LogP contribution in [0.25, 0.3) is 32.9 Å². The molecule has 0 radical (unpaired) electrons. The second kappa shape index (κ2) is 4.42. The molecule has 0 fully saturated rings. The molecule has 0 amide bonds. The van der Waals surface area contributed by atoms with Gasteiger partial charge in [0.05, 0.1) is 11.0 Å². The summed E-state index contributed by atoms with van der Waals surface area (Å²) < 4.78 is 0. The summed E-state index contributed by atoms with van der Waals surface area (Å²) in [6, 6.07) is 20.6. The van der Waals surface area contributed by atoms with Crippen molar-refractivity contribution in [3.05, 3.63) is 73.1 Å². The number of benzene rings is 2. The van der Waals surface area contributed by atoms with Crippen molar-refractivity contribution < 1.29 is 0 Å². The Kier molecular flexibility index (Phi) is 2.46. The number of aromatic nitrogens is 2. The van der Waals surface area contributed by atoms with Crippen molar-refractivity contribution in [2.24, 2.45) is 0 Å². The van der Waals surface area contributed by atoms with Gasteiger partial charge in [-0.25, -0.2) is 4.98 Å². The van der Waals surface area contributed by atoms with Gasteiger partial charge in [-0.1, -0.05) is 42.5 Å². The quantitative estimate of drug-likeness (QED) is 0.470. The average Bonchev–Trinajstić information content (AvgIpc) is 2.53. The molecule has 4 rings (SSSR count). The Labute approximate surface area is 116 Å². The van der Waals surface area contributed by atoms with Crippen LogP contribution in [0.15, 0.2) is 73.1 Å². The molecule has 4 aromatic rings. The Morgan fingerprint density at radius 3 is 1.90 bits per heavy atom. The molecule has 2 heteroatoms. The van der Waals surface area contributed by atoms with Crippen molar-refractivity contribution in [2.75, 3.05) is 0 Å². The van der Waals surface area contributed by atoms with E-state index < -0.39 is 0 Å². The number of nitrogens with zero attached hydrogens (tertiary/aromatic N) is 2. The van der Waals surface area contributed by atoms with Gasteiger partial charge in [0.2, 0.25) is 0 Å². The predicted octanol–water partition coefficient (Wildman–Crippen LogP) is 4.45. The van der Waals surface area contributed by atoms with Crippen LogP contribution in [0.4, 0.5) is 0 Å². The minimum atomic E-state index is 1.02. The molecule has 0 saturated carbocycles. The maximum absolute atomic E-state index is 4.74. The molecule has 0 saturated heterocycles. The zero-order valence-corrected chi connectivity index (χ0v) is 10.8. The molecular weight excluding hydrogens is 244 g/mol. The molecule has 0 atom stereocenters. The molecular formula is C18H12N2.